The number of carbonyl (C=O) groups is 3. The minimum absolute atomic E-state index is 0.0322. The number of anilines is 1. The normalized spacial score (nSPS) is 10.4. The van der Waals surface area contributed by atoms with E-state index in [-0.39, 0.29) is 18.7 Å². The maximum Gasteiger partial charge on any atom is 0.269 e. The Morgan fingerprint density at radius 1 is 0.967 bits per heavy atom. The van der Waals surface area contributed by atoms with Crippen molar-refractivity contribution in [2.24, 2.45) is 5.92 Å². The number of nitrogens with one attached hydrogen (secondary N) is 3. The van der Waals surface area contributed by atoms with E-state index in [1.165, 1.54) is 0 Å². The van der Waals surface area contributed by atoms with Crippen molar-refractivity contribution in [1.29, 1.82) is 0 Å². The van der Waals surface area contributed by atoms with Crippen LogP contribution in [0.25, 0.3) is 0 Å². The summed E-state index contributed by atoms with van der Waals surface area (Å²) in [6.45, 7) is 6.48. The van der Waals surface area contributed by atoms with E-state index < -0.39 is 11.8 Å². The molecule has 0 aliphatic carbocycles. The third-order valence-corrected chi connectivity index (χ3v) is 4.55. The number of amides is 3. The van der Waals surface area contributed by atoms with Crippen molar-refractivity contribution >= 4 is 35.0 Å². The molecule has 0 aliphatic heterocycles. The molecule has 0 atom stereocenters. The summed E-state index contributed by atoms with van der Waals surface area (Å²) in [5, 5.41) is 3.27. The lowest BCUT2D eigenvalue weighted by molar-refractivity contribution is -0.124. The average molecular weight is 432 g/mol. The lowest BCUT2D eigenvalue weighted by Crippen LogP contribution is -2.41. The van der Waals surface area contributed by atoms with Crippen molar-refractivity contribution in [3.8, 4) is 5.75 Å². The van der Waals surface area contributed by atoms with E-state index in [0.717, 1.165) is 5.56 Å². The van der Waals surface area contributed by atoms with Gasteiger partial charge < -0.3 is 10.1 Å². The van der Waals surface area contributed by atoms with Crippen LogP contribution in [-0.2, 0) is 9.59 Å². The molecule has 0 aliphatic rings. The summed E-state index contributed by atoms with van der Waals surface area (Å²) in [7, 11) is 0. The van der Waals surface area contributed by atoms with Crippen molar-refractivity contribution in [3.05, 3.63) is 58.6 Å². The van der Waals surface area contributed by atoms with Gasteiger partial charge in [-0.15, -0.1) is 0 Å². The van der Waals surface area contributed by atoms with Gasteiger partial charge in [-0.05, 0) is 54.8 Å². The Bertz CT molecular complexity index is 898. The van der Waals surface area contributed by atoms with Gasteiger partial charge in [-0.3, -0.25) is 25.2 Å². The molecule has 3 amide bonds. The molecule has 0 saturated heterocycles. The summed E-state index contributed by atoms with van der Waals surface area (Å²) < 4.78 is 5.56. The number of halogens is 1. The molecule has 0 spiro atoms. The predicted molar refractivity (Wildman–Crippen MR) is 116 cm³/mol. The molecular formula is C22H26ClN3O4. The molecule has 7 nitrogen and oxygen atoms in total. The summed E-state index contributed by atoms with van der Waals surface area (Å²) in [6.07, 6.45) is -0.108. The molecule has 0 aromatic heterocycles. The van der Waals surface area contributed by atoms with E-state index in [1.54, 1.807) is 49.4 Å². The first kappa shape index (κ1) is 23.2. The molecule has 0 unspecified atom stereocenters. The first-order chi connectivity index (χ1) is 14.3. The van der Waals surface area contributed by atoms with Crippen molar-refractivity contribution in [1.82, 2.24) is 10.9 Å². The van der Waals surface area contributed by atoms with Crippen molar-refractivity contribution in [2.75, 3.05) is 11.9 Å². The summed E-state index contributed by atoms with van der Waals surface area (Å²) in [6, 6.07) is 11.8. The van der Waals surface area contributed by atoms with E-state index in [9.17, 15) is 14.4 Å². The van der Waals surface area contributed by atoms with Gasteiger partial charge in [-0.25, -0.2) is 0 Å². The van der Waals surface area contributed by atoms with Crippen LogP contribution in [0.4, 0.5) is 5.69 Å². The molecule has 3 N–H and O–H groups in total. The SMILES string of the molecule is Cc1c(Cl)cccc1NC(=O)CCC(=O)NNC(=O)c1ccc(OCC(C)C)cc1. The van der Waals surface area contributed by atoms with Gasteiger partial charge in [0.1, 0.15) is 5.75 Å². The smallest absolute Gasteiger partial charge is 0.269 e. The van der Waals surface area contributed by atoms with E-state index >= 15 is 0 Å². The highest BCUT2D eigenvalue weighted by molar-refractivity contribution is 6.31. The first-order valence-electron chi connectivity index (χ1n) is 9.63. The second-order valence-electron chi connectivity index (χ2n) is 7.19. The monoisotopic (exact) mass is 431 g/mol. The second kappa shape index (κ2) is 11.2. The summed E-state index contributed by atoms with van der Waals surface area (Å²) in [5.74, 6) is -0.181. The van der Waals surface area contributed by atoms with Crippen LogP contribution in [0.1, 0.15) is 42.6 Å². The molecule has 2 aromatic rings. The van der Waals surface area contributed by atoms with Crippen LogP contribution in [0.15, 0.2) is 42.5 Å². The molecule has 2 rings (SSSR count). The zero-order valence-corrected chi connectivity index (χ0v) is 18.0. The highest BCUT2D eigenvalue weighted by atomic mass is 35.5. The van der Waals surface area contributed by atoms with Gasteiger partial charge in [0.25, 0.3) is 5.91 Å². The molecule has 8 heteroatoms. The zero-order valence-electron chi connectivity index (χ0n) is 17.3. The minimum Gasteiger partial charge on any atom is -0.493 e. The Kier molecular flexibility index (Phi) is 8.68. The Labute approximate surface area is 181 Å². The largest absolute Gasteiger partial charge is 0.493 e. The molecule has 30 heavy (non-hydrogen) atoms. The second-order valence-corrected chi connectivity index (χ2v) is 7.60. The third kappa shape index (κ3) is 7.40. The van der Waals surface area contributed by atoms with Gasteiger partial charge in [-0.1, -0.05) is 31.5 Å². The Balaban J connectivity index is 1.74. The average Bonchev–Trinajstić information content (AvgIpc) is 2.72. The maximum absolute atomic E-state index is 12.1. The highest BCUT2D eigenvalue weighted by Crippen LogP contribution is 2.23. The predicted octanol–water partition coefficient (Wildman–Crippen LogP) is 3.86. The van der Waals surface area contributed by atoms with E-state index in [2.05, 4.69) is 16.2 Å². The van der Waals surface area contributed by atoms with Gasteiger partial charge in [-0.2, -0.15) is 0 Å². The number of carbonyl (C=O) groups excluding carboxylic acids is 3. The van der Waals surface area contributed by atoms with Crippen LogP contribution in [-0.4, -0.2) is 24.3 Å². The standard InChI is InChI=1S/C22H26ClN3O4/c1-14(2)13-30-17-9-7-16(8-10-17)22(29)26-25-21(28)12-11-20(27)24-19-6-4-5-18(23)15(19)3/h4-10,14H,11-13H2,1-3H3,(H,24,27)(H,25,28)(H,26,29). The fourth-order valence-corrected chi connectivity index (χ4v) is 2.58. The zero-order chi connectivity index (χ0) is 22.1. The van der Waals surface area contributed by atoms with Crippen molar-refractivity contribution < 1.29 is 19.1 Å². The Hall–Kier alpha value is -3.06. The van der Waals surface area contributed by atoms with Crippen LogP contribution < -0.4 is 20.9 Å². The molecular weight excluding hydrogens is 406 g/mol. The highest BCUT2D eigenvalue weighted by Gasteiger charge is 2.11. The number of hydrogen-bond acceptors (Lipinski definition) is 4. The molecule has 0 saturated carbocycles. The van der Waals surface area contributed by atoms with Crippen LogP contribution in [0, 0.1) is 12.8 Å². The van der Waals surface area contributed by atoms with Gasteiger partial charge in [0, 0.05) is 29.1 Å². The van der Waals surface area contributed by atoms with Gasteiger partial charge in [0.05, 0.1) is 6.61 Å². The number of hydrogen-bond donors (Lipinski definition) is 3. The van der Waals surface area contributed by atoms with E-state index in [4.69, 9.17) is 16.3 Å². The summed E-state index contributed by atoms with van der Waals surface area (Å²) in [4.78, 5) is 36.1. The third-order valence-electron chi connectivity index (χ3n) is 4.14. The van der Waals surface area contributed by atoms with Crippen LogP contribution >= 0.6 is 11.6 Å². The number of benzene rings is 2. The van der Waals surface area contributed by atoms with Gasteiger partial charge in [0.2, 0.25) is 11.8 Å². The quantitative estimate of drug-likeness (QED) is 0.553. The molecule has 160 valence electrons. The summed E-state index contributed by atoms with van der Waals surface area (Å²) >= 11 is 6.02. The molecule has 0 fully saturated rings. The topological polar surface area (TPSA) is 96.5 Å². The van der Waals surface area contributed by atoms with Crippen LogP contribution in [0.2, 0.25) is 5.02 Å². The fourth-order valence-electron chi connectivity index (χ4n) is 2.41. The van der Waals surface area contributed by atoms with Crippen molar-refractivity contribution in [3.63, 3.8) is 0 Å². The molecule has 0 heterocycles. The Morgan fingerprint density at radius 3 is 2.30 bits per heavy atom. The van der Waals surface area contributed by atoms with Crippen LogP contribution in [0.5, 0.6) is 5.75 Å². The maximum atomic E-state index is 12.1. The Morgan fingerprint density at radius 2 is 1.63 bits per heavy atom. The van der Waals surface area contributed by atoms with Crippen LogP contribution in [0.3, 0.4) is 0 Å². The minimum atomic E-state index is -0.474. The number of ether oxygens (including phenoxy) is 1. The number of rotatable bonds is 8. The summed E-state index contributed by atoms with van der Waals surface area (Å²) in [5.41, 5.74) is 6.36. The van der Waals surface area contributed by atoms with E-state index in [1.807, 2.05) is 13.8 Å². The first-order valence-corrected chi connectivity index (χ1v) is 10.0. The number of hydrazine groups is 1. The van der Waals surface area contributed by atoms with Gasteiger partial charge in [0.15, 0.2) is 0 Å². The van der Waals surface area contributed by atoms with Gasteiger partial charge >= 0.3 is 0 Å². The fraction of sp³-hybridized carbons (Fsp3) is 0.318. The lowest BCUT2D eigenvalue weighted by atomic mass is 10.2. The lowest BCUT2D eigenvalue weighted by Gasteiger charge is -2.11. The van der Waals surface area contributed by atoms with E-state index in [0.29, 0.717) is 34.5 Å². The molecule has 0 radical (unpaired) electrons. The van der Waals surface area contributed by atoms with Crippen molar-refractivity contribution in [2.45, 2.75) is 33.6 Å². The molecule has 0 bridgehead atoms. The molecule has 2 aromatic carbocycles.